The van der Waals surface area contributed by atoms with E-state index in [9.17, 15) is 14.5 Å². The highest BCUT2D eigenvalue weighted by Gasteiger charge is 2.31. The molecule has 0 bridgehead atoms. The second-order valence-electron chi connectivity index (χ2n) is 5.62. The molecule has 0 aliphatic heterocycles. The lowest BCUT2D eigenvalue weighted by atomic mass is 9.93. The Bertz CT molecular complexity index is 493. The van der Waals surface area contributed by atoms with E-state index in [4.69, 9.17) is 0 Å². The molecular formula is C15H21FN2O2. The Morgan fingerprint density at radius 1 is 1.45 bits per heavy atom. The van der Waals surface area contributed by atoms with Crippen LogP contribution in [0.25, 0.3) is 0 Å². The Morgan fingerprint density at radius 2 is 2.20 bits per heavy atom. The highest BCUT2D eigenvalue weighted by Crippen LogP contribution is 2.34. The van der Waals surface area contributed by atoms with Gasteiger partial charge in [-0.2, -0.15) is 0 Å². The van der Waals surface area contributed by atoms with Crippen LogP contribution >= 0.6 is 0 Å². The van der Waals surface area contributed by atoms with Crippen LogP contribution in [0.5, 0.6) is 0 Å². The summed E-state index contributed by atoms with van der Waals surface area (Å²) in [7, 11) is 0. The quantitative estimate of drug-likeness (QED) is 0.661. The average Bonchev–Trinajstić information content (AvgIpc) is 2.76. The predicted octanol–water partition coefficient (Wildman–Crippen LogP) is 3.65. The summed E-state index contributed by atoms with van der Waals surface area (Å²) in [6.45, 7) is 4.76. The van der Waals surface area contributed by atoms with E-state index in [0.717, 1.165) is 18.4 Å². The molecule has 1 aromatic rings. The van der Waals surface area contributed by atoms with E-state index in [1.165, 1.54) is 25.0 Å². The zero-order valence-electron chi connectivity index (χ0n) is 11.9. The molecule has 0 saturated heterocycles. The zero-order chi connectivity index (χ0) is 14.7. The summed E-state index contributed by atoms with van der Waals surface area (Å²) < 4.78 is 13.3. The van der Waals surface area contributed by atoms with Gasteiger partial charge in [-0.1, -0.05) is 20.3 Å². The predicted molar refractivity (Wildman–Crippen MR) is 75.9 cm³/mol. The zero-order valence-corrected chi connectivity index (χ0v) is 11.9. The van der Waals surface area contributed by atoms with E-state index in [2.05, 4.69) is 19.2 Å². The Balaban J connectivity index is 2.04. The first-order valence-electron chi connectivity index (χ1n) is 7.19. The minimum atomic E-state index is -0.455. The molecule has 1 saturated carbocycles. The summed E-state index contributed by atoms with van der Waals surface area (Å²) in [5, 5.41) is 14.3. The molecule has 0 spiro atoms. The fraction of sp³-hybridized carbons (Fsp3) is 0.600. The van der Waals surface area contributed by atoms with Crippen molar-refractivity contribution in [2.45, 2.75) is 45.7 Å². The minimum absolute atomic E-state index is 0.0170. The molecule has 110 valence electrons. The molecule has 1 aliphatic rings. The molecule has 0 amide bonds. The van der Waals surface area contributed by atoms with E-state index in [1.807, 2.05) is 0 Å². The fourth-order valence-corrected chi connectivity index (χ4v) is 3.23. The maximum absolute atomic E-state index is 13.3. The van der Waals surface area contributed by atoms with Gasteiger partial charge in [-0.25, -0.2) is 4.39 Å². The number of hydrogen-bond acceptors (Lipinski definition) is 3. The summed E-state index contributed by atoms with van der Waals surface area (Å²) in [6.07, 6.45) is 3.45. The van der Waals surface area contributed by atoms with Crippen molar-refractivity contribution < 1.29 is 9.31 Å². The van der Waals surface area contributed by atoms with Crippen LogP contribution in [0, 0.1) is 27.8 Å². The normalized spacial score (nSPS) is 25.9. The van der Waals surface area contributed by atoms with Crippen molar-refractivity contribution in [3.05, 3.63) is 39.7 Å². The van der Waals surface area contributed by atoms with Crippen molar-refractivity contribution >= 4 is 5.69 Å². The van der Waals surface area contributed by atoms with Gasteiger partial charge in [0.1, 0.15) is 5.82 Å². The number of nitrogens with zero attached hydrogens (tertiary/aromatic N) is 1. The standard InChI is InChI=1S/C15H21FN2O2/c1-3-11-4-6-14(10(11)2)17-9-12-8-13(16)5-7-15(12)18(19)20/h5,7-8,10-11,14,17H,3-4,6,9H2,1-2H3. The molecule has 0 aromatic heterocycles. The minimum Gasteiger partial charge on any atom is -0.309 e. The molecular weight excluding hydrogens is 259 g/mol. The molecule has 0 radical (unpaired) electrons. The maximum Gasteiger partial charge on any atom is 0.274 e. The summed E-state index contributed by atoms with van der Waals surface area (Å²) in [5.41, 5.74) is 0.402. The number of halogens is 1. The van der Waals surface area contributed by atoms with Crippen LogP contribution in [0.1, 0.15) is 38.7 Å². The van der Waals surface area contributed by atoms with Crippen molar-refractivity contribution in [1.29, 1.82) is 0 Å². The van der Waals surface area contributed by atoms with Gasteiger partial charge in [-0.3, -0.25) is 10.1 Å². The molecule has 1 aromatic carbocycles. The van der Waals surface area contributed by atoms with Gasteiger partial charge in [0, 0.05) is 24.2 Å². The highest BCUT2D eigenvalue weighted by molar-refractivity contribution is 5.40. The number of rotatable bonds is 5. The monoisotopic (exact) mass is 280 g/mol. The van der Waals surface area contributed by atoms with Crippen LogP contribution in [0.4, 0.5) is 10.1 Å². The summed E-state index contributed by atoms with van der Waals surface area (Å²) in [5.74, 6) is 0.848. The average molecular weight is 280 g/mol. The van der Waals surface area contributed by atoms with Crippen molar-refractivity contribution in [1.82, 2.24) is 5.32 Å². The fourth-order valence-electron chi connectivity index (χ4n) is 3.23. The van der Waals surface area contributed by atoms with Gasteiger partial charge in [-0.05, 0) is 36.8 Å². The lowest BCUT2D eigenvalue weighted by Gasteiger charge is -2.21. The number of nitrogens with one attached hydrogen (secondary N) is 1. The van der Waals surface area contributed by atoms with Gasteiger partial charge in [0.2, 0.25) is 0 Å². The number of benzene rings is 1. The first-order valence-corrected chi connectivity index (χ1v) is 7.19. The molecule has 0 heterocycles. The molecule has 1 fully saturated rings. The highest BCUT2D eigenvalue weighted by atomic mass is 19.1. The second-order valence-corrected chi connectivity index (χ2v) is 5.62. The van der Waals surface area contributed by atoms with Crippen LogP contribution in [0.15, 0.2) is 18.2 Å². The Morgan fingerprint density at radius 3 is 2.80 bits per heavy atom. The third kappa shape index (κ3) is 3.15. The summed E-state index contributed by atoms with van der Waals surface area (Å²) in [4.78, 5) is 10.5. The van der Waals surface area contributed by atoms with Gasteiger partial charge >= 0.3 is 0 Å². The molecule has 20 heavy (non-hydrogen) atoms. The van der Waals surface area contributed by atoms with Gasteiger partial charge in [0.25, 0.3) is 5.69 Å². The van der Waals surface area contributed by atoms with Crippen molar-refractivity contribution in [2.24, 2.45) is 11.8 Å². The van der Waals surface area contributed by atoms with Crippen LogP contribution in [0.3, 0.4) is 0 Å². The molecule has 1 N–H and O–H groups in total. The lowest BCUT2D eigenvalue weighted by Crippen LogP contribution is -2.32. The third-order valence-electron chi connectivity index (χ3n) is 4.54. The van der Waals surface area contributed by atoms with Gasteiger partial charge in [0.05, 0.1) is 4.92 Å². The second kappa shape index (κ2) is 6.31. The number of nitro groups is 1. The largest absolute Gasteiger partial charge is 0.309 e. The Hall–Kier alpha value is -1.49. The molecule has 1 aliphatic carbocycles. The summed E-state index contributed by atoms with van der Waals surface area (Å²) in [6, 6.07) is 3.98. The van der Waals surface area contributed by atoms with E-state index in [0.29, 0.717) is 24.1 Å². The third-order valence-corrected chi connectivity index (χ3v) is 4.54. The van der Waals surface area contributed by atoms with Crippen molar-refractivity contribution in [3.8, 4) is 0 Å². The molecule has 3 unspecified atom stereocenters. The first kappa shape index (κ1) is 14.9. The topological polar surface area (TPSA) is 55.2 Å². The SMILES string of the molecule is CCC1CCC(NCc2cc(F)ccc2[N+](=O)[O-])C1C. The van der Waals surface area contributed by atoms with Crippen molar-refractivity contribution in [2.75, 3.05) is 0 Å². The lowest BCUT2D eigenvalue weighted by molar-refractivity contribution is -0.385. The van der Waals surface area contributed by atoms with Gasteiger partial charge in [-0.15, -0.1) is 0 Å². The van der Waals surface area contributed by atoms with Crippen LogP contribution in [-0.4, -0.2) is 11.0 Å². The van der Waals surface area contributed by atoms with Gasteiger partial charge < -0.3 is 5.32 Å². The maximum atomic E-state index is 13.3. The van der Waals surface area contributed by atoms with Crippen LogP contribution < -0.4 is 5.32 Å². The van der Waals surface area contributed by atoms with Crippen LogP contribution in [0.2, 0.25) is 0 Å². The van der Waals surface area contributed by atoms with Crippen LogP contribution in [-0.2, 0) is 6.54 Å². The number of nitro benzene ring substituents is 1. The molecule has 5 heteroatoms. The molecule has 4 nitrogen and oxygen atoms in total. The summed E-state index contributed by atoms with van der Waals surface area (Å²) >= 11 is 0. The Labute approximate surface area is 118 Å². The van der Waals surface area contributed by atoms with E-state index >= 15 is 0 Å². The van der Waals surface area contributed by atoms with E-state index < -0.39 is 10.7 Å². The molecule has 3 atom stereocenters. The smallest absolute Gasteiger partial charge is 0.274 e. The Kier molecular flexibility index (Phi) is 4.70. The molecule has 2 rings (SSSR count). The van der Waals surface area contributed by atoms with Gasteiger partial charge in [0.15, 0.2) is 0 Å². The van der Waals surface area contributed by atoms with E-state index in [1.54, 1.807) is 0 Å². The first-order chi connectivity index (χ1) is 9.52. The number of hydrogen-bond donors (Lipinski definition) is 1. The van der Waals surface area contributed by atoms with Crippen molar-refractivity contribution in [3.63, 3.8) is 0 Å². The van der Waals surface area contributed by atoms with E-state index in [-0.39, 0.29) is 5.69 Å².